The van der Waals surface area contributed by atoms with E-state index in [1.165, 1.54) is 10.4 Å². The highest BCUT2D eigenvalue weighted by Crippen LogP contribution is 2.20. The molecule has 0 radical (unpaired) electrons. The van der Waals surface area contributed by atoms with Crippen LogP contribution >= 0.6 is 11.3 Å². The van der Waals surface area contributed by atoms with Crippen molar-refractivity contribution in [1.82, 2.24) is 5.32 Å². The first-order chi connectivity index (χ1) is 8.65. The molecule has 0 aliphatic carbocycles. The second-order valence-electron chi connectivity index (χ2n) is 4.01. The van der Waals surface area contributed by atoms with Crippen LogP contribution in [0.4, 0.5) is 4.79 Å². The molecule has 3 nitrogen and oxygen atoms in total. The van der Waals surface area contributed by atoms with Crippen molar-refractivity contribution in [3.05, 3.63) is 51.7 Å². The zero-order valence-corrected chi connectivity index (χ0v) is 11.2. The number of carbonyl (C=O) groups is 1. The highest BCUT2D eigenvalue weighted by Gasteiger charge is 2.06. The van der Waals surface area contributed by atoms with Crippen LogP contribution in [0.15, 0.2) is 36.4 Å². The van der Waals surface area contributed by atoms with Gasteiger partial charge in [0, 0.05) is 9.75 Å². The smallest absolute Gasteiger partial charge is 0.410 e. The van der Waals surface area contributed by atoms with Gasteiger partial charge < -0.3 is 10.1 Å². The number of rotatable bonds is 3. The maximum Gasteiger partial charge on any atom is 0.412 e. The molecule has 0 unspecified atom stereocenters. The number of hydrogen-bond donors (Lipinski definition) is 1. The average molecular weight is 261 g/mol. The molecule has 0 fully saturated rings. The molecule has 1 heterocycles. The average Bonchev–Trinajstić information content (AvgIpc) is 2.68. The minimum Gasteiger partial charge on any atom is -0.410 e. The standard InChI is InChI=1S/C14H15NO2S/c1-10-8-13(18-11(10)2)9-15-14(16)17-12-6-4-3-5-7-12/h3-8H,9H2,1-2H3,(H,15,16). The van der Waals surface area contributed by atoms with Crippen molar-refractivity contribution in [2.75, 3.05) is 0 Å². The van der Waals surface area contributed by atoms with Gasteiger partial charge in [-0.15, -0.1) is 11.3 Å². The highest BCUT2D eigenvalue weighted by atomic mass is 32.1. The largest absolute Gasteiger partial charge is 0.412 e. The van der Waals surface area contributed by atoms with E-state index < -0.39 is 6.09 Å². The van der Waals surface area contributed by atoms with Crippen molar-refractivity contribution in [3.8, 4) is 5.75 Å². The molecule has 1 amide bonds. The van der Waals surface area contributed by atoms with Crippen LogP contribution in [0.25, 0.3) is 0 Å². The lowest BCUT2D eigenvalue weighted by Gasteiger charge is -2.05. The van der Waals surface area contributed by atoms with Gasteiger partial charge in [-0.25, -0.2) is 4.79 Å². The fourth-order valence-electron chi connectivity index (χ4n) is 1.53. The Hall–Kier alpha value is -1.81. The van der Waals surface area contributed by atoms with Gasteiger partial charge in [0.15, 0.2) is 0 Å². The van der Waals surface area contributed by atoms with Crippen LogP contribution in [0.3, 0.4) is 0 Å². The normalized spacial score (nSPS) is 10.1. The molecule has 0 saturated carbocycles. The van der Waals surface area contributed by atoms with E-state index in [-0.39, 0.29) is 0 Å². The summed E-state index contributed by atoms with van der Waals surface area (Å²) in [4.78, 5) is 14.0. The summed E-state index contributed by atoms with van der Waals surface area (Å²) in [6.45, 7) is 4.65. The number of nitrogens with one attached hydrogen (secondary N) is 1. The van der Waals surface area contributed by atoms with Crippen LogP contribution in [-0.2, 0) is 6.54 Å². The van der Waals surface area contributed by atoms with Gasteiger partial charge in [-0.05, 0) is 37.6 Å². The number of carbonyl (C=O) groups excluding carboxylic acids is 1. The predicted molar refractivity (Wildman–Crippen MR) is 73.1 cm³/mol. The quantitative estimate of drug-likeness (QED) is 0.915. The molecule has 0 spiro atoms. The number of hydrogen-bond acceptors (Lipinski definition) is 3. The Balaban J connectivity index is 1.85. The summed E-state index contributed by atoms with van der Waals surface area (Å²) >= 11 is 1.69. The van der Waals surface area contributed by atoms with E-state index in [2.05, 4.69) is 25.2 Å². The van der Waals surface area contributed by atoms with Crippen LogP contribution in [0.1, 0.15) is 15.3 Å². The Bertz CT molecular complexity index is 514. The fraction of sp³-hybridized carbons (Fsp3) is 0.214. The van der Waals surface area contributed by atoms with Gasteiger partial charge in [0.2, 0.25) is 0 Å². The Morgan fingerprint density at radius 2 is 2.00 bits per heavy atom. The van der Waals surface area contributed by atoms with E-state index in [0.29, 0.717) is 12.3 Å². The van der Waals surface area contributed by atoms with E-state index in [1.54, 1.807) is 23.5 Å². The molecule has 2 rings (SSSR count). The third kappa shape index (κ3) is 3.34. The summed E-state index contributed by atoms with van der Waals surface area (Å²) in [5.41, 5.74) is 1.26. The van der Waals surface area contributed by atoms with Crippen LogP contribution in [-0.4, -0.2) is 6.09 Å². The van der Waals surface area contributed by atoms with Crippen molar-refractivity contribution >= 4 is 17.4 Å². The molecule has 0 aliphatic heterocycles. The molecule has 1 N–H and O–H groups in total. The van der Waals surface area contributed by atoms with E-state index in [4.69, 9.17) is 4.74 Å². The Kier molecular flexibility index (Phi) is 3.99. The maximum atomic E-state index is 11.5. The zero-order chi connectivity index (χ0) is 13.0. The summed E-state index contributed by atoms with van der Waals surface area (Å²) in [6.07, 6.45) is -0.426. The van der Waals surface area contributed by atoms with Crippen molar-refractivity contribution < 1.29 is 9.53 Å². The maximum absolute atomic E-state index is 11.5. The van der Waals surface area contributed by atoms with Gasteiger partial charge >= 0.3 is 6.09 Å². The Morgan fingerprint density at radius 1 is 1.28 bits per heavy atom. The molecule has 18 heavy (non-hydrogen) atoms. The fourth-order valence-corrected chi connectivity index (χ4v) is 2.52. The second kappa shape index (κ2) is 5.69. The second-order valence-corrected chi connectivity index (χ2v) is 5.35. The van der Waals surface area contributed by atoms with Gasteiger partial charge in [0.1, 0.15) is 5.75 Å². The number of para-hydroxylation sites is 1. The van der Waals surface area contributed by atoms with Gasteiger partial charge in [-0.2, -0.15) is 0 Å². The molecule has 0 saturated heterocycles. The molecule has 2 aromatic rings. The molecular formula is C14H15NO2S. The number of ether oxygens (including phenoxy) is 1. The first-order valence-electron chi connectivity index (χ1n) is 5.72. The number of benzene rings is 1. The SMILES string of the molecule is Cc1cc(CNC(=O)Oc2ccccc2)sc1C. The lowest BCUT2D eigenvalue weighted by Crippen LogP contribution is -2.25. The minimum absolute atomic E-state index is 0.426. The molecular weight excluding hydrogens is 246 g/mol. The summed E-state index contributed by atoms with van der Waals surface area (Å²) in [5.74, 6) is 0.550. The summed E-state index contributed by atoms with van der Waals surface area (Å²) in [7, 11) is 0. The molecule has 4 heteroatoms. The van der Waals surface area contributed by atoms with Crippen LogP contribution in [0.2, 0.25) is 0 Å². The topological polar surface area (TPSA) is 38.3 Å². The van der Waals surface area contributed by atoms with Crippen molar-refractivity contribution in [1.29, 1.82) is 0 Å². The predicted octanol–water partition coefficient (Wildman–Crippen LogP) is 3.65. The molecule has 1 aromatic heterocycles. The van der Waals surface area contributed by atoms with Gasteiger partial charge in [-0.3, -0.25) is 0 Å². The van der Waals surface area contributed by atoms with Crippen LogP contribution < -0.4 is 10.1 Å². The molecule has 0 atom stereocenters. The molecule has 94 valence electrons. The van der Waals surface area contributed by atoms with Crippen molar-refractivity contribution in [2.45, 2.75) is 20.4 Å². The van der Waals surface area contributed by atoms with Crippen LogP contribution in [0.5, 0.6) is 5.75 Å². The third-order valence-corrected chi connectivity index (χ3v) is 3.73. The van der Waals surface area contributed by atoms with E-state index in [1.807, 2.05) is 18.2 Å². The summed E-state index contributed by atoms with van der Waals surface area (Å²) in [5, 5.41) is 2.74. The van der Waals surface area contributed by atoms with Crippen molar-refractivity contribution in [3.63, 3.8) is 0 Å². The molecule has 1 aromatic carbocycles. The lowest BCUT2D eigenvalue weighted by molar-refractivity contribution is 0.200. The minimum atomic E-state index is -0.426. The van der Waals surface area contributed by atoms with Crippen molar-refractivity contribution in [2.24, 2.45) is 0 Å². The van der Waals surface area contributed by atoms with Crippen LogP contribution in [0, 0.1) is 13.8 Å². The monoisotopic (exact) mass is 261 g/mol. The number of amides is 1. The third-order valence-electron chi connectivity index (χ3n) is 2.58. The number of thiophene rings is 1. The van der Waals surface area contributed by atoms with E-state index in [0.717, 1.165) is 4.88 Å². The number of aryl methyl sites for hydroxylation is 2. The Labute approximate surface area is 110 Å². The molecule has 0 aliphatic rings. The first-order valence-corrected chi connectivity index (χ1v) is 6.53. The highest BCUT2D eigenvalue weighted by molar-refractivity contribution is 7.12. The van der Waals surface area contributed by atoms with Gasteiger partial charge in [0.25, 0.3) is 0 Å². The zero-order valence-electron chi connectivity index (χ0n) is 10.4. The first kappa shape index (κ1) is 12.6. The summed E-state index contributed by atoms with van der Waals surface area (Å²) < 4.78 is 5.13. The summed E-state index contributed by atoms with van der Waals surface area (Å²) in [6, 6.07) is 11.1. The van der Waals surface area contributed by atoms with E-state index >= 15 is 0 Å². The van der Waals surface area contributed by atoms with E-state index in [9.17, 15) is 4.79 Å². The lowest BCUT2D eigenvalue weighted by atomic mass is 10.3. The Morgan fingerprint density at radius 3 is 2.61 bits per heavy atom. The molecule has 0 bridgehead atoms. The van der Waals surface area contributed by atoms with Gasteiger partial charge in [0.05, 0.1) is 6.54 Å². The van der Waals surface area contributed by atoms with Gasteiger partial charge in [-0.1, -0.05) is 18.2 Å².